The number of halogens is 3. The average Bonchev–Trinajstić information content (AvgIpc) is 3.00. The van der Waals surface area contributed by atoms with Gasteiger partial charge < -0.3 is 15.8 Å². The molecular weight excluding hydrogens is 340 g/mol. The molecule has 1 saturated heterocycles. The summed E-state index contributed by atoms with van der Waals surface area (Å²) in [4.78, 5) is 15.2. The van der Waals surface area contributed by atoms with Crippen molar-refractivity contribution in [2.75, 3.05) is 11.9 Å². The lowest BCUT2D eigenvalue weighted by Crippen LogP contribution is -2.24. The van der Waals surface area contributed by atoms with Gasteiger partial charge in [0, 0.05) is 12.8 Å². The molecule has 0 aliphatic carbocycles. The number of anilines is 1. The monoisotopic (exact) mass is 353 g/mol. The van der Waals surface area contributed by atoms with E-state index in [1.165, 1.54) is 18.3 Å². The molecule has 2 aromatic rings. The van der Waals surface area contributed by atoms with Crippen LogP contribution in [0.25, 0.3) is 0 Å². The Morgan fingerprint density at radius 2 is 2.12 bits per heavy atom. The van der Waals surface area contributed by atoms with E-state index in [0.717, 1.165) is 12.1 Å². The maximum atomic E-state index is 13.4. The predicted octanol–water partition coefficient (Wildman–Crippen LogP) is 3.05. The van der Waals surface area contributed by atoms with Crippen LogP contribution in [0.15, 0.2) is 30.5 Å². The Morgan fingerprint density at radius 3 is 2.79 bits per heavy atom. The third kappa shape index (κ3) is 3.32. The van der Waals surface area contributed by atoms with Gasteiger partial charge in [0.25, 0.3) is 0 Å². The second-order valence-corrected chi connectivity index (χ2v) is 5.83. The van der Waals surface area contributed by atoms with Crippen molar-refractivity contribution in [2.45, 2.75) is 18.6 Å². The Bertz CT molecular complexity index is 788. The maximum absolute atomic E-state index is 13.4. The molecular formula is C16H14ClF2N3O2. The third-order valence-electron chi connectivity index (χ3n) is 3.81. The van der Waals surface area contributed by atoms with Gasteiger partial charge in [-0.05, 0) is 30.2 Å². The highest BCUT2D eigenvalue weighted by Gasteiger charge is 2.31. The summed E-state index contributed by atoms with van der Waals surface area (Å²) in [5, 5.41) is 3.36. The number of amides is 1. The number of hydrogen-bond acceptors (Lipinski definition) is 4. The number of hydrogen-bond donors (Lipinski definition) is 2. The van der Waals surface area contributed by atoms with Gasteiger partial charge in [-0.1, -0.05) is 17.7 Å². The Labute approximate surface area is 141 Å². The highest BCUT2D eigenvalue weighted by Crippen LogP contribution is 2.33. The molecule has 1 amide bonds. The van der Waals surface area contributed by atoms with Gasteiger partial charge >= 0.3 is 0 Å². The SMILES string of the molecule is NC(=O)c1cnc(NC2CCOC2c2ccc(F)c(F)c2)c(Cl)c1. The molecule has 1 aliphatic heterocycles. The summed E-state index contributed by atoms with van der Waals surface area (Å²) >= 11 is 6.11. The molecule has 1 aromatic heterocycles. The lowest BCUT2D eigenvalue weighted by molar-refractivity contribution is 0.0999. The largest absolute Gasteiger partial charge is 0.371 e. The molecule has 0 saturated carbocycles. The minimum Gasteiger partial charge on any atom is -0.371 e. The molecule has 1 aliphatic rings. The molecule has 0 bridgehead atoms. The normalized spacial score (nSPS) is 20.1. The summed E-state index contributed by atoms with van der Waals surface area (Å²) in [5.74, 6) is -2.10. The average molecular weight is 354 g/mol. The van der Waals surface area contributed by atoms with Crippen LogP contribution in [-0.2, 0) is 4.74 Å². The summed E-state index contributed by atoms with van der Waals surface area (Å²) in [6.45, 7) is 0.457. The summed E-state index contributed by atoms with van der Waals surface area (Å²) in [7, 11) is 0. The smallest absolute Gasteiger partial charge is 0.250 e. The lowest BCUT2D eigenvalue weighted by atomic mass is 10.0. The van der Waals surface area contributed by atoms with Crippen LogP contribution in [0.2, 0.25) is 5.02 Å². The molecule has 5 nitrogen and oxygen atoms in total. The van der Waals surface area contributed by atoms with Gasteiger partial charge in [-0.15, -0.1) is 0 Å². The minimum atomic E-state index is -0.927. The van der Waals surface area contributed by atoms with Gasteiger partial charge in [0.15, 0.2) is 11.6 Å². The van der Waals surface area contributed by atoms with E-state index in [4.69, 9.17) is 22.1 Å². The highest BCUT2D eigenvalue weighted by atomic mass is 35.5. The fourth-order valence-electron chi connectivity index (χ4n) is 2.61. The van der Waals surface area contributed by atoms with Crippen molar-refractivity contribution in [3.8, 4) is 0 Å². The lowest BCUT2D eigenvalue weighted by Gasteiger charge is -2.21. The zero-order valence-electron chi connectivity index (χ0n) is 12.4. The molecule has 0 radical (unpaired) electrons. The van der Waals surface area contributed by atoms with Crippen molar-refractivity contribution in [3.63, 3.8) is 0 Å². The van der Waals surface area contributed by atoms with E-state index in [2.05, 4.69) is 10.3 Å². The van der Waals surface area contributed by atoms with Crippen molar-refractivity contribution in [1.29, 1.82) is 0 Å². The van der Waals surface area contributed by atoms with E-state index in [0.29, 0.717) is 24.4 Å². The van der Waals surface area contributed by atoms with Gasteiger partial charge in [-0.3, -0.25) is 4.79 Å². The van der Waals surface area contributed by atoms with E-state index in [1.807, 2.05) is 0 Å². The summed E-state index contributed by atoms with van der Waals surface area (Å²) in [6.07, 6.45) is 1.49. The van der Waals surface area contributed by atoms with E-state index in [9.17, 15) is 13.6 Å². The van der Waals surface area contributed by atoms with Gasteiger partial charge in [-0.2, -0.15) is 0 Å². The van der Waals surface area contributed by atoms with Crippen molar-refractivity contribution in [3.05, 3.63) is 58.2 Å². The van der Waals surface area contributed by atoms with Crippen LogP contribution in [-0.4, -0.2) is 23.5 Å². The summed E-state index contributed by atoms with van der Waals surface area (Å²) in [5.41, 5.74) is 5.90. The molecule has 2 unspecified atom stereocenters. The van der Waals surface area contributed by atoms with E-state index in [-0.39, 0.29) is 16.6 Å². The fourth-order valence-corrected chi connectivity index (χ4v) is 2.83. The molecule has 126 valence electrons. The zero-order chi connectivity index (χ0) is 17.3. The second-order valence-electron chi connectivity index (χ2n) is 5.42. The molecule has 24 heavy (non-hydrogen) atoms. The minimum absolute atomic E-state index is 0.199. The van der Waals surface area contributed by atoms with Crippen molar-refractivity contribution < 1.29 is 18.3 Å². The van der Waals surface area contributed by atoms with Crippen LogP contribution in [0.4, 0.5) is 14.6 Å². The zero-order valence-corrected chi connectivity index (χ0v) is 13.2. The summed E-state index contributed by atoms with van der Waals surface area (Å²) in [6, 6.07) is 4.86. The maximum Gasteiger partial charge on any atom is 0.250 e. The Balaban J connectivity index is 1.81. The number of nitrogens with two attached hydrogens (primary N) is 1. The Morgan fingerprint density at radius 1 is 1.33 bits per heavy atom. The molecule has 3 rings (SSSR count). The fraction of sp³-hybridized carbons (Fsp3) is 0.250. The quantitative estimate of drug-likeness (QED) is 0.885. The van der Waals surface area contributed by atoms with Gasteiger partial charge in [-0.25, -0.2) is 13.8 Å². The number of aromatic nitrogens is 1. The second kappa shape index (κ2) is 6.70. The van der Waals surface area contributed by atoms with E-state index >= 15 is 0 Å². The number of pyridine rings is 1. The number of nitrogens with one attached hydrogen (secondary N) is 1. The van der Waals surface area contributed by atoms with Crippen molar-refractivity contribution in [2.24, 2.45) is 5.73 Å². The molecule has 0 spiro atoms. The number of carbonyl (C=O) groups excluding carboxylic acids is 1. The van der Waals surface area contributed by atoms with Crippen LogP contribution in [0.5, 0.6) is 0 Å². The van der Waals surface area contributed by atoms with E-state index in [1.54, 1.807) is 0 Å². The van der Waals surface area contributed by atoms with Crippen LogP contribution in [0.3, 0.4) is 0 Å². The van der Waals surface area contributed by atoms with Crippen molar-refractivity contribution in [1.82, 2.24) is 4.98 Å². The van der Waals surface area contributed by atoms with Gasteiger partial charge in [0.1, 0.15) is 11.9 Å². The van der Waals surface area contributed by atoms with Crippen molar-refractivity contribution >= 4 is 23.3 Å². The Hall–Kier alpha value is -2.25. The number of nitrogens with zero attached hydrogens (tertiary/aromatic N) is 1. The molecule has 1 aromatic carbocycles. The molecule has 8 heteroatoms. The van der Waals surface area contributed by atoms with Gasteiger partial charge in [0.2, 0.25) is 5.91 Å². The first kappa shape index (κ1) is 16.6. The van der Waals surface area contributed by atoms with Gasteiger partial charge in [0.05, 0.1) is 16.6 Å². The third-order valence-corrected chi connectivity index (χ3v) is 4.10. The first-order chi connectivity index (χ1) is 11.5. The number of rotatable bonds is 4. The van der Waals surface area contributed by atoms with E-state index < -0.39 is 23.6 Å². The molecule has 3 N–H and O–H groups in total. The van der Waals surface area contributed by atoms with Crippen LogP contribution >= 0.6 is 11.6 Å². The summed E-state index contributed by atoms with van der Waals surface area (Å²) < 4.78 is 32.2. The Kier molecular flexibility index (Phi) is 4.64. The first-order valence-electron chi connectivity index (χ1n) is 7.24. The number of primary amides is 1. The van der Waals surface area contributed by atoms with Crippen LogP contribution in [0.1, 0.15) is 28.4 Å². The van der Waals surface area contributed by atoms with Crippen LogP contribution in [0, 0.1) is 11.6 Å². The first-order valence-corrected chi connectivity index (χ1v) is 7.62. The molecule has 2 atom stereocenters. The molecule has 1 fully saturated rings. The number of ether oxygens (including phenoxy) is 1. The standard InChI is InChI=1S/C16H14ClF2N3O2/c17-10-5-9(15(20)23)7-21-16(10)22-13-3-4-24-14(13)8-1-2-11(18)12(19)6-8/h1-2,5-7,13-14H,3-4H2,(H2,20,23)(H,21,22). The highest BCUT2D eigenvalue weighted by molar-refractivity contribution is 6.33. The number of carbonyl (C=O) groups is 1. The predicted molar refractivity (Wildman–Crippen MR) is 84.8 cm³/mol. The molecule has 2 heterocycles. The topological polar surface area (TPSA) is 77.2 Å². The number of benzene rings is 1. The van der Waals surface area contributed by atoms with Crippen LogP contribution < -0.4 is 11.1 Å².